The fourth-order valence-electron chi connectivity index (χ4n) is 4.20. The van der Waals surface area contributed by atoms with Crippen molar-refractivity contribution in [1.82, 2.24) is 20.9 Å². The summed E-state index contributed by atoms with van der Waals surface area (Å²) >= 11 is 0. The molecule has 2 saturated heterocycles. The summed E-state index contributed by atoms with van der Waals surface area (Å²) < 4.78 is 0. The van der Waals surface area contributed by atoms with Crippen LogP contribution >= 0.6 is 0 Å². The lowest BCUT2D eigenvalue weighted by molar-refractivity contribution is -0.136. The third kappa shape index (κ3) is 3.89. The van der Waals surface area contributed by atoms with E-state index in [1.165, 1.54) is 19.3 Å². The lowest BCUT2D eigenvalue weighted by Crippen LogP contribution is -2.52. The van der Waals surface area contributed by atoms with Crippen molar-refractivity contribution in [3.63, 3.8) is 0 Å². The molecule has 2 fully saturated rings. The van der Waals surface area contributed by atoms with E-state index >= 15 is 0 Å². The number of carbonyl (C=O) groups excluding carboxylic acids is 3. The van der Waals surface area contributed by atoms with Gasteiger partial charge in [0.05, 0.1) is 0 Å². The third-order valence-electron chi connectivity index (χ3n) is 5.72. The van der Waals surface area contributed by atoms with Crippen LogP contribution in [0.15, 0.2) is 18.2 Å². The van der Waals surface area contributed by atoms with E-state index in [0.29, 0.717) is 24.6 Å². The molecule has 0 aliphatic carbocycles. The van der Waals surface area contributed by atoms with E-state index in [0.717, 1.165) is 30.8 Å². The van der Waals surface area contributed by atoms with E-state index in [1.807, 2.05) is 18.2 Å². The second kappa shape index (κ2) is 7.78. The average molecular weight is 370 g/mol. The quantitative estimate of drug-likeness (QED) is 0.663. The number of benzene rings is 1. The highest BCUT2D eigenvalue weighted by molar-refractivity contribution is 6.05. The molecule has 0 bridgehead atoms. The van der Waals surface area contributed by atoms with Crippen molar-refractivity contribution >= 4 is 17.7 Å². The molecule has 0 saturated carbocycles. The number of hydrogen-bond donors (Lipinski definition) is 3. The molecule has 3 heterocycles. The van der Waals surface area contributed by atoms with Crippen LogP contribution in [-0.4, -0.2) is 47.8 Å². The van der Waals surface area contributed by atoms with Crippen LogP contribution in [0.2, 0.25) is 0 Å². The molecule has 3 aliphatic rings. The maximum Gasteiger partial charge on any atom is 0.255 e. The highest BCUT2D eigenvalue weighted by Crippen LogP contribution is 2.28. The number of rotatable bonds is 5. The van der Waals surface area contributed by atoms with Crippen LogP contribution in [0.4, 0.5) is 0 Å². The van der Waals surface area contributed by atoms with Gasteiger partial charge in [-0.3, -0.25) is 19.7 Å². The van der Waals surface area contributed by atoms with Gasteiger partial charge in [0.2, 0.25) is 11.8 Å². The second-order valence-electron chi connectivity index (χ2n) is 7.67. The predicted molar refractivity (Wildman–Crippen MR) is 99.8 cm³/mol. The maximum absolute atomic E-state index is 12.8. The summed E-state index contributed by atoms with van der Waals surface area (Å²) in [6.07, 6.45) is 4.42. The molecule has 144 valence electrons. The Hall–Kier alpha value is -2.25. The summed E-state index contributed by atoms with van der Waals surface area (Å²) in [5.41, 5.74) is 2.69. The van der Waals surface area contributed by atoms with Gasteiger partial charge < -0.3 is 15.5 Å². The minimum absolute atomic E-state index is 0.115. The lowest BCUT2D eigenvalue weighted by Gasteiger charge is -2.29. The van der Waals surface area contributed by atoms with Crippen LogP contribution in [0.3, 0.4) is 0 Å². The van der Waals surface area contributed by atoms with Gasteiger partial charge in [0.15, 0.2) is 0 Å². The zero-order valence-corrected chi connectivity index (χ0v) is 15.4. The smallest absolute Gasteiger partial charge is 0.255 e. The Balaban J connectivity index is 1.37. The van der Waals surface area contributed by atoms with E-state index in [1.54, 1.807) is 4.90 Å². The molecule has 27 heavy (non-hydrogen) atoms. The number of nitrogens with one attached hydrogen (secondary N) is 3. The van der Waals surface area contributed by atoms with Crippen molar-refractivity contribution < 1.29 is 14.4 Å². The number of hydrogen-bond acceptors (Lipinski definition) is 5. The van der Waals surface area contributed by atoms with E-state index in [-0.39, 0.29) is 24.1 Å². The van der Waals surface area contributed by atoms with Crippen LogP contribution in [0, 0.1) is 0 Å². The fourth-order valence-corrected chi connectivity index (χ4v) is 4.20. The molecule has 0 radical (unpaired) electrons. The molecule has 7 nitrogen and oxygen atoms in total. The Labute approximate surface area is 158 Å². The van der Waals surface area contributed by atoms with Crippen LogP contribution in [0.5, 0.6) is 0 Å². The number of piperidine rings is 2. The predicted octanol–water partition coefficient (Wildman–Crippen LogP) is 0.679. The number of carbonyl (C=O) groups is 3. The molecule has 3 N–H and O–H groups in total. The van der Waals surface area contributed by atoms with Crippen molar-refractivity contribution in [3.8, 4) is 0 Å². The average Bonchev–Trinajstić information content (AvgIpc) is 2.99. The number of amides is 3. The standard InChI is InChI=1S/C20H26N4O3/c25-18-7-6-17(19(26)23-18)24-12-14-5-4-13(9-16(14)20(24)27)10-21-11-15-3-1-2-8-22-15/h4-5,9,15,17,21-22H,1-3,6-8,10-12H2,(H,23,25,26)/t15-,17?/m1/s1. The van der Waals surface area contributed by atoms with Crippen LogP contribution in [0.25, 0.3) is 0 Å². The molecule has 1 aromatic rings. The Bertz CT molecular complexity index is 758. The van der Waals surface area contributed by atoms with Crippen LogP contribution in [0.1, 0.15) is 53.6 Å². The summed E-state index contributed by atoms with van der Waals surface area (Å²) in [5.74, 6) is -0.745. The molecule has 1 aromatic carbocycles. The monoisotopic (exact) mass is 370 g/mol. The summed E-state index contributed by atoms with van der Waals surface area (Å²) in [6, 6.07) is 5.93. The first-order chi connectivity index (χ1) is 13.1. The van der Waals surface area contributed by atoms with Gasteiger partial charge in [0.25, 0.3) is 5.91 Å². The van der Waals surface area contributed by atoms with Crippen LogP contribution in [-0.2, 0) is 22.7 Å². The first kappa shape index (κ1) is 18.1. The van der Waals surface area contributed by atoms with Gasteiger partial charge in [-0.2, -0.15) is 0 Å². The third-order valence-corrected chi connectivity index (χ3v) is 5.72. The van der Waals surface area contributed by atoms with E-state index in [2.05, 4.69) is 16.0 Å². The molecule has 4 rings (SSSR count). The highest BCUT2D eigenvalue weighted by Gasteiger charge is 2.39. The lowest BCUT2D eigenvalue weighted by atomic mass is 10.0. The van der Waals surface area contributed by atoms with Gasteiger partial charge in [-0.1, -0.05) is 18.6 Å². The molecule has 2 atom stereocenters. The Morgan fingerprint density at radius 1 is 1.15 bits per heavy atom. The molecular formula is C20H26N4O3. The Morgan fingerprint density at radius 2 is 2.04 bits per heavy atom. The van der Waals surface area contributed by atoms with Crippen LogP contribution < -0.4 is 16.0 Å². The topological polar surface area (TPSA) is 90.5 Å². The number of nitrogens with zero attached hydrogens (tertiary/aromatic N) is 1. The number of fused-ring (bicyclic) bond motifs is 1. The van der Waals surface area contributed by atoms with Crippen molar-refractivity contribution in [1.29, 1.82) is 0 Å². The van der Waals surface area contributed by atoms with Gasteiger partial charge in [0.1, 0.15) is 6.04 Å². The zero-order chi connectivity index (χ0) is 18.8. The van der Waals surface area contributed by atoms with Gasteiger partial charge in [0, 0.05) is 37.7 Å². The molecular weight excluding hydrogens is 344 g/mol. The Kier molecular flexibility index (Phi) is 5.22. The summed E-state index contributed by atoms with van der Waals surface area (Å²) in [4.78, 5) is 37.9. The van der Waals surface area contributed by atoms with Crippen molar-refractivity contribution in [2.75, 3.05) is 13.1 Å². The summed E-state index contributed by atoms with van der Waals surface area (Å²) in [5, 5.41) is 9.33. The second-order valence-corrected chi connectivity index (χ2v) is 7.67. The first-order valence-corrected chi connectivity index (χ1v) is 9.82. The molecule has 3 aliphatic heterocycles. The molecule has 3 amide bonds. The SMILES string of the molecule is O=C1CCC(N2Cc3ccc(CNC[C@H]4CCCCN4)cc3C2=O)C(=O)N1. The van der Waals surface area contributed by atoms with Crippen molar-refractivity contribution in [2.45, 2.75) is 57.3 Å². The van der Waals surface area contributed by atoms with Gasteiger partial charge in [-0.05, 0) is 43.0 Å². The fraction of sp³-hybridized carbons (Fsp3) is 0.550. The van der Waals surface area contributed by atoms with Crippen molar-refractivity contribution in [3.05, 3.63) is 34.9 Å². The normalized spacial score (nSPS) is 25.5. The minimum Gasteiger partial charge on any atom is -0.322 e. The summed E-state index contributed by atoms with van der Waals surface area (Å²) in [6.45, 7) is 3.17. The molecule has 0 aromatic heterocycles. The van der Waals surface area contributed by atoms with Crippen molar-refractivity contribution in [2.24, 2.45) is 0 Å². The van der Waals surface area contributed by atoms with E-state index in [9.17, 15) is 14.4 Å². The largest absolute Gasteiger partial charge is 0.322 e. The minimum atomic E-state index is -0.554. The molecule has 1 unspecified atom stereocenters. The van der Waals surface area contributed by atoms with Gasteiger partial charge in [-0.15, -0.1) is 0 Å². The highest BCUT2D eigenvalue weighted by atomic mass is 16.2. The van der Waals surface area contributed by atoms with Gasteiger partial charge >= 0.3 is 0 Å². The Morgan fingerprint density at radius 3 is 2.81 bits per heavy atom. The molecule has 0 spiro atoms. The van der Waals surface area contributed by atoms with Gasteiger partial charge in [-0.25, -0.2) is 0 Å². The van der Waals surface area contributed by atoms with E-state index in [4.69, 9.17) is 0 Å². The zero-order valence-electron chi connectivity index (χ0n) is 15.4. The maximum atomic E-state index is 12.8. The number of imide groups is 1. The first-order valence-electron chi connectivity index (χ1n) is 9.82. The molecule has 7 heteroatoms. The van der Waals surface area contributed by atoms with E-state index < -0.39 is 6.04 Å². The summed E-state index contributed by atoms with van der Waals surface area (Å²) in [7, 11) is 0.